The molecule has 2 heterocycles. The molecule has 0 bridgehead atoms. The molecule has 6 rings (SSSR count). The van der Waals surface area contributed by atoms with Crippen LogP contribution in [0.15, 0.2) is 164 Å². The summed E-state index contributed by atoms with van der Waals surface area (Å²) < 4.78 is 143. The number of hydrogen-bond acceptors (Lipinski definition) is 12. The summed E-state index contributed by atoms with van der Waals surface area (Å²) in [7, 11) is -17.2. The molecule has 0 aliphatic carbocycles. The van der Waals surface area contributed by atoms with Crippen molar-refractivity contribution < 1.29 is 48.6 Å². The van der Waals surface area contributed by atoms with Crippen LogP contribution in [0.4, 0.5) is 0 Å². The molecular formula is C41H47AsO12S4. The van der Waals surface area contributed by atoms with Crippen molar-refractivity contribution in [2.24, 2.45) is 0 Å². The van der Waals surface area contributed by atoms with E-state index < -0.39 is 98.6 Å². The summed E-state index contributed by atoms with van der Waals surface area (Å²) in [5.41, 5.74) is -8.52. The third kappa shape index (κ3) is 7.72. The third-order valence-electron chi connectivity index (χ3n) is 10.9. The van der Waals surface area contributed by atoms with Crippen LogP contribution in [-0.4, -0.2) is 92.9 Å². The van der Waals surface area contributed by atoms with Gasteiger partial charge < -0.3 is 0 Å². The van der Waals surface area contributed by atoms with E-state index in [1.807, 2.05) is 0 Å². The monoisotopic (exact) mass is 934 g/mol. The van der Waals surface area contributed by atoms with Crippen LogP contribution in [0, 0.1) is 0 Å². The second kappa shape index (κ2) is 14.9. The zero-order valence-corrected chi connectivity index (χ0v) is 37.9. The van der Waals surface area contributed by atoms with Crippen LogP contribution in [-0.2, 0) is 54.3 Å². The van der Waals surface area contributed by atoms with Gasteiger partial charge in [0.1, 0.15) is 0 Å². The average molecular weight is 935 g/mol. The second-order valence-corrected chi connectivity index (χ2v) is 29.3. The van der Waals surface area contributed by atoms with Crippen molar-refractivity contribution in [1.82, 2.24) is 0 Å². The fourth-order valence-electron chi connectivity index (χ4n) is 7.59. The van der Waals surface area contributed by atoms with Crippen LogP contribution in [0.2, 0.25) is 0 Å². The summed E-state index contributed by atoms with van der Waals surface area (Å²) in [5, 5.41) is 0. The Morgan fingerprint density at radius 3 is 0.845 bits per heavy atom. The molecule has 2 aliphatic heterocycles. The van der Waals surface area contributed by atoms with Crippen LogP contribution in [0.3, 0.4) is 0 Å². The fraction of sp³-hybridized carbons (Fsp3) is 0.317. The first kappa shape index (κ1) is 44.1. The predicted octanol–water partition coefficient (Wildman–Crippen LogP) is 6.07. The van der Waals surface area contributed by atoms with E-state index in [-0.39, 0.29) is 23.9 Å². The van der Waals surface area contributed by atoms with Gasteiger partial charge in [-0.25, -0.2) is 0 Å². The van der Waals surface area contributed by atoms with Crippen molar-refractivity contribution in [2.75, 3.05) is 23.0 Å². The first-order valence-corrected chi connectivity index (χ1v) is 28.8. The summed E-state index contributed by atoms with van der Waals surface area (Å²) in [4.78, 5) is -0.350. The number of benzene rings is 4. The van der Waals surface area contributed by atoms with Gasteiger partial charge in [0, 0.05) is 0 Å². The van der Waals surface area contributed by atoms with Crippen molar-refractivity contribution in [3.8, 4) is 0 Å². The molecule has 17 heteroatoms. The third-order valence-corrected chi connectivity index (χ3v) is 27.3. The van der Waals surface area contributed by atoms with Crippen LogP contribution >= 0.6 is 0 Å². The fourth-order valence-corrected chi connectivity index (χ4v) is 26.5. The van der Waals surface area contributed by atoms with Gasteiger partial charge in [-0.3, -0.25) is 0 Å². The van der Waals surface area contributed by atoms with Gasteiger partial charge in [-0.1, -0.05) is 0 Å². The molecule has 2 fully saturated rings. The normalized spacial score (nSPS) is 28.1. The van der Waals surface area contributed by atoms with Gasteiger partial charge in [-0.05, 0) is 0 Å². The molecule has 4 aromatic carbocycles. The summed E-state index contributed by atoms with van der Waals surface area (Å²) in [6, 6.07) is 30.0. The summed E-state index contributed by atoms with van der Waals surface area (Å²) in [5.74, 6) is -3.44. The molecule has 2 saturated heterocycles. The van der Waals surface area contributed by atoms with Crippen LogP contribution in [0.1, 0.15) is 34.6 Å². The Hall–Kier alpha value is -3.44. The van der Waals surface area contributed by atoms with Gasteiger partial charge in [0.2, 0.25) is 0 Å². The second-order valence-electron chi connectivity index (χ2n) is 15.3. The van der Waals surface area contributed by atoms with Gasteiger partial charge in [-0.2, -0.15) is 0 Å². The van der Waals surface area contributed by atoms with Crippen LogP contribution in [0.25, 0.3) is 0 Å². The predicted molar refractivity (Wildman–Crippen MR) is 222 cm³/mol. The van der Waals surface area contributed by atoms with E-state index in [0.717, 1.165) is 0 Å². The summed E-state index contributed by atoms with van der Waals surface area (Å²) in [6.07, 6.45) is 2.77. The van der Waals surface area contributed by atoms with E-state index in [4.69, 9.17) is 14.9 Å². The Labute approximate surface area is 343 Å². The van der Waals surface area contributed by atoms with Crippen molar-refractivity contribution in [2.45, 2.75) is 76.6 Å². The molecule has 4 atom stereocenters. The molecule has 1 spiro atoms. The molecular weight excluding hydrogens is 888 g/mol. The average Bonchev–Trinajstić information content (AvgIpc) is 3.45. The van der Waals surface area contributed by atoms with Crippen LogP contribution < -0.4 is 0 Å². The first-order chi connectivity index (χ1) is 26.9. The molecule has 4 unspecified atom stereocenters. The summed E-state index contributed by atoms with van der Waals surface area (Å²) >= 11 is -6.70. The van der Waals surface area contributed by atoms with E-state index in [1.54, 1.807) is 31.2 Å². The first-order valence-electron chi connectivity index (χ1n) is 18.2. The quantitative estimate of drug-likeness (QED) is 0.106. The molecule has 0 saturated carbocycles. The van der Waals surface area contributed by atoms with E-state index in [2.05, 4.69) is 6.58 Å². The number of rotatable bonds is 14. The minimum atomic E-state index is -6.70. The standard InChI is InChI=1S/C41H47AsO12S4/c1-7-33(8-2)42(51-38(3,29-55(43,44)34-21-13-9-14-22-34)39(4,52-42)30-56(45,46)35-23-15-10-16-24-35)53-40(5,31-57(47,48)36-25-17-11-18-26-36)41(6,54-42)32-58(49,50)37-27-19-12-20-28-37/h7-28H,1,29-32H2,2-6H3/b33-8+. The van der Waals surface area contributed by atoms with Crippen molar-refractivity contribution >= 4 is 53.2 Å². The van der Waals surface area contributed by atoms with Crippen molar-refractivity contribution in [3.05, 3.63) is 144 Å². The Morgan fingerprint density at radius 2 is 0.672 bits per heavy atom. The van der Waals surface area contributed by atoms with E-state index >= 15 is 0 Å². The zero-order valence-electron chi connectivity index (χ0n) is 32.7. The topological polar surface area (TPSA) is 173 Å². The SMILES string of the molecule is C=C/C(=C\C)[As]12(OC(C)(CS(=O)(=O)c3ccccc3)C(C)(CS(=O)(=O)c3ccccc3)O1)OC(C)(CS(=O)(=O)c1ccccc1)C(C)(CS(=O)(=O)c1ccccc1)O2. The molecule has 0 amide bonds. The van der Waals surface area contributed by atoms with Gasteiger partial charge in [0.05, 0.1) is 0 Å². The van der Waals surface area contributed by atoms with Gasteiger partial charge in [0.25, 0.3) is 0 Å². The molecule has 12 nitrogen and oxygen atoms in total. The number of hydrogen-bond donors (Lipinski definition) is 0. The summed E-state index contributed by atoms with van der Waals surface area (Å²) in [6.45, 7) is 11.0. The molecule has 0 aromatic heterocycles. The minimum absolute atomic E-state index is 0.00633. The molecule has 0 N–H and O–H groups in total. The van der Waals surface area contributed by atoms with E-state index in [9.17, 15) is 33.7 Å². The van der Waals surface area contributed by atoms with Gasteiger partial charge >= 0.3 is 346 Å². The Balaban J connectivity index is 1.63. The van der Waals surface area contributed by atoms with Gasteiger partial charge in [-0.15, -0.1) is 0 Å². The van der Waals surface area contributed by atoms with E-state index in [0.29, 0.717) is 0 Å². The number of allylic oxidation sites excluding steroid dienone is 3. The Bertz CT molecular complexity index is 2330. The Kier molecular flexibility index (Phi) is 11.4. The Morgan fingerprint density at radius 1 is 0.466 bits per heavy atom. The number of sulfone groups is 4. The zero-order chi connectivity index (χ0) is 42.5. The van der Waals surface area contributed by atoms with E-state index in [1.165, 1.54) is 137 Å². The van der Waals surface area contributed by atoms with Crippen molar-refractivity contribution in [1.29, 1.82) is 0 Å². The molecule has 58 heavy (non-hydrogen) atoms. The maximum atomic E-state index is 14.3. The maximum absolute atomic E-state index is 14.3. The molecule has 0 radical (unpaired) electrons. The molecule has 4 aromatic rings. The van der Waals surface area contributed by atoms with Gasteiger partial charge in [0.15, 0.2) is 0 Å². The van der Waals surface area contributed by atoms with Crippen molar-refractivity contribution in [3.63, 3.8) is 0 Å². The van der Waals surface area contributed by atoms with Crippen LogP contribution in [0.5, 0.6) is 0 Å². The molecule has 2 aliphatic rings. The molecule has 312 valence electrons.